The van der Waals surface area contributed by atoms with Crippen molar-refractivity contribution in [3.8, 4) is 5.75 Å². The van der Waals surface area contributed by atoms with Gasteiger partial charge in [0, 0.05) is 18.6 Å². The minimum atomic E-state index is -0.591. The number of benzene rings is 2. The van der Waals surface area contributed by atoms with Gasteiger partial charge < -0.3 is 19.7 Å². The molecule has 2 aromatic carbocycles. The highest BCUT2D eigenvalue weighted by atomic mass is 16.5. The largest absolute Gasteiger partial charge is 0.484 e. The van der Waals surface area contributed by atoms with E-state index in [0.717, 1.165) is 24.8 Å². The number of amides is 2. The lowest BCUT2D eigenvalue weighted by Crippen LogP contribution is -2.49. The summed E-state index contributed by atoms with van der Waals surface area (Å²) in [5.74, 6) is -0.474. The Morgan fingerprint density at radius 2 is 1.61 bits per heavy atom. The summed E-state index contributed by atoms with van der Waals surface area (Å²) in [5.41, 5.74) is 1.43. The molecule has 0 spiro atoms. The van der Waals surface area contributed by atoms with E-state index in [9.17, 15) is 14.4 Å². The van der Waals surface area contributed by atoms with Crippen molar-refractivity contribution in [2.24, 2.45) is 0 Å². The lowest BCUT2D eigenvalue weighted by atomic mass is 9.97. The predicted molar refractivity (Wildman–Crippen MR) is 125 cm³/mol. The first-order valence-corrected chi connectivity index (χ1v) is 11.5. The molecule has 0 aliphatic carbocycles. The molecule has 2 amide bonds. The van der Waals surface area contributed by atoms with Crippen LogP contribution in [0.25, 0.3) is 0 Å². The van der Waals surface area contributed by atoms with Crippen LogP contribution in [0.4, 0.5) is 0 Å². The van der Waals surface area contributed by atoms with E-state index in [4.69, 9.17) is 9.47 Å². The fourth-order valence-electron chi connectivity index (χ4n) is 4.08. The summed E-state index contributed by atoms with van der Waals surface area (Å²) in [5, 5.41) is 2.74. The van der Waals surface area contributed by atoms with Gasteiger partial charge in [-0.1, -0.05) is 30.3 Å². The van der Waals surface area contributed by atoms with Gasteiger partial charge in [0.05, 0.1) is 5.56 Å². The van der Waals surface area contributed by atoms with Crippen LogP contribution in [0.1, 0.15) is 49.0 Å². The second kappa shape index (κ2) is 12.0. The van der Waals surface area contributed by atoms with Gasteiger partial charge in [0.2, 0.25) is 0 Å². The fourth-order valence-corrected chi connectivity index (χ4v) is 4.08. The van der Waals surface area contributed by atoms with Crippen molar-refractivity contribution >= 4 is 17.8 Å². The van der Waals surface area contributed by atoms with Crippen molar-refractivity contribution < 1.29 is 23.9 Å². The minimum absolute atomic E-state index is 0.0311. The molecule has 176 valence electrons. The lowest BCUT2D eigenvalue weighted by Gasteiger charge is -2.38. The quantitative estimate of drug-likeness (QED) is 0.590. The average molecular weight is 453 g/mol. The van der Waals surface area contributed by atoms with Crippen LogP contribution >= 0.6 is 0 Å². The van der Waals surface area contributed by atoms with Crippen LogP contribution in [0.2, 0.25) is 0 Å². The van der Waals surface area contributed by atoms with E-state index in [1.54, 1.807) is 24.3 Å². The fraction of sp³-hybridized carbons (Fsp3) is 0.423. The highest BCUT2D eigenvalue weighted by molar-refractivity contribution is 5.91. The van der Waals surface area contributed by atoms with Gasteiger partial charge in [0.25, 0.3) is 11.8 Å². The van der Waals surface area contributed by atoms with Gasteiger partial charge in [-0.25, -0.2) is 4.79 Å². The number of nitrogens with one attached hydrogen (secondary N) is 1. The zero-order valence-electron chi connectivity index (χ0n) is 19.3. The van der Waals surface area contributed by atoms with E-state index in [1.165, 1.54) is 0 Å². The maximum absolute atomic E-state index is 12.6. The molecule has 0 bridgehead atoms. The van der Waals surface area contributed by atoms with Gasteiger partial charge in [0.1, 0.15) is 5.75 Å². The molecule has 2 unspecified atom stereocenters. The lowest BCUT2D eigenvalue weighted by molar-refractivity contribution is -0.139. The molecule has 1 fully saturated rings. The Labute approximate surface area is 195 Å². The molecule has 3 rings (SSSR count). The first-order valence-electron chi connectivity index (χ1n) is 11.5. The van der Waals surface area contributed by atoms with E-state index in [2.05, 4.69) is 19.2 Å². The first-order chi connectivity index (χ1) is 15.9. The van der Waals surface area contributed by atoms with E-state index in [0.29, 0.717) is 24.3 Å². The van der Waals surface area contributed by atoms with Crippen molar-refractivity contribution in [1.82, 2.24) is 10.2 Å². The van der Waals surface area contributed by atoms with E-state index >= 15 is 0 Å². The molecule has 1 heterocycles. The molecule has 1 N–H and O–H groups in total. The highest BCUT2D eigenvalue weighted by Crippen LogP contribution is 2.23. The summed E-state index contributed by atoms with van der Waals surface area (Å²) in [4.78, 5) is 38.6. The minimum Gasteiger partial charge on any atom is -0.484 e. The number of nitrogens with zero attached hydrogens (tertiary/aromatic N) is 1. The second-order valence-corrected chi connectivity index (χ2v) is 8.40. The molecule has 0 saturated carbocycles. The third-order valence-electron chi connectivity index (χ3n) is 5.85. The Balaban J connectivity index is 1.38. The SMILES string of the molecule is CC1CCCC(C)N1C(=O)COc1ccc(C(=O)OCC(=O)NCCc2ccccc2)cc1. The Morgan fingerprint density at radius 3 is 2.27 bits per heavy atom. The molecular weight excluding hydrogens is 420 g/mol. The first kappa shape index (κ1) is 24.3. The summed E-state index contributed by atoms with van der Waals surface area (Å²) < 4.78 is 10.7. The zero-order chi connectivity index (χ0) is 23.6. The molecule has 33 heavy (non-hydrogen) atoms. The van der Waals surface area contributed by atoms with Gasteiger partial charge in [-0.3, -0.25) is 9.59 Å². The molecule has 7 nitrogen and oxygen atoms in total. The summed E-state index contributed by atoms with van der Waals surface area (Å²) in [6, 6.07) is 16.6. The van der Waals surface area contributed by atoms with E-state index in [-0.39, 0.29) is 37.1 Å². The third kappa shape index (κ3) is 7.34. The topological polar surface area (TPSA) is 84.9 Å². The van der Waals surface area contributed by atoms with Gasteiger partial charge >= 0.3 is 5.97 Å². The van der Waals surface area contributed by atoms with Crippen molar-refractivity contribution in [3.05, 3.63) is 65.7 Å². The van der Waals surface area contributed by atoms with Crippen LogP contribution in [0, 0.1) is 0 Å². The number of esters is 1. The van der Waals surface area contributed by atoms with Crippen molar-refractivity contribution in [1.29, 1.82) is 0 Å². The van der Waals surface area contributed by atoms with Gasteiger partial charge in [-0.05, 0) is 69.4 Å². The summed E-state index contributed by atoms with van der Waals surface area (Å²) >= 11 is 0. The molecule has 2 aromatic rings. The van der Waals surface area contributed by atoms with Crippen molar-refractivity contribution in [2.75, 3.05) is 19.8 Å². The Hall–Kier alpha value is -3.35. The predicted octanol–water partition coefficient (Wildman–Crippen LogP) is 3.37. The number of hydrogen-bond donors (Lipinski definition) is 1. The maximum Gasteiger partial charge on any atom is 0.338 e. The van der Waals surface area contributed by atoms with Crippen molar-refractivity contribution in [2.45, 2.75) is 51.6 Å². The van der Waals surface area contributed by atoms with E-state index in [1.807, 2.05) is 35.2 Å². The van der Waals surface area contributed by atoms with Gasteiger partial charge in [-0.2, -0.15) is 0 Å². The van der Waals surface area contributed by atoms with Crippen LogP contribution in [-0.4, -0.2) is 54.5 Å². The number of carbonyl (C=O) groups excluding carboxylic acids is 3. The number of ether oxygens (including phenoxy) is 2. The molecule has 1 saturated heterocycles. The number of likely N-dealkylation sites (tertiary alicyclic amines) is 1. The molecular formula is C26H32N2O5. The normalized spacial score (nSPS) is 17.8. The Morgan fingerprint density at radius 1 is 0.939 bits per heavy atom. The number of rotatable bonds is 9. The third-order valence-corrected chi connectivity index (χ3v) is 5.85. The van der Waals surface area contributed by atoms with Crippen LogP contribution < -0.4 is 10.1 Å². The van der Waals surface area contributed by atoms with Crippen LogP contribution in [0.15, 0.2) is 54.6 Å². The molecule has 7 heteroatoms. The van der Waals surface area contributed by atoms with E-state index < -0.39 is 5.97 Å². The molecule has 1 aliphatic rings. The number of hydrogen-bond acceptors (Lipinski definition) is 5. The van der Waals surface area contributed by atoms with Crippen molar-refractivity contribution in [3.63, 3.8) is 0 Å². The Kier molecular flexibility index (Phi) is 8.87. The van der Waals surface area contributed by atoms with Crippen LogP contribution in [0.5, 0.6) is 5.75 Å². The number of piperidine rings is 1. The summed E-state index contributed by atoms with van der Waals surface area (Å²) in [6.07, 6.45) is 3.87. The molecule has 0 radical (unpaired) electrons. The summed E-state index contributed by atoms with van der Waals surface area (Å²) in [6.45, 7) is 4.23. The average Bonchev–Trinajstić information content (AvgIpc) is 2.82. The molecule has 1 aliphatic heterocycles. The van der Waals surface area contributed by atoms with Crippen LogP contribution in [-0.2, 0) is 20.7 Å². The molecule has 0 aromatic heterocycles. The summed E-state index contributed by atoms with van der Waals surface area (Å²) in [7, 11) is 0. The Bertz CT molecular complexity index is 919. The monoisotopic (exact) mass is 452 g/mol. The van der Waals surface area contributed by atoms with Crippen LogP contribution in [0.3, 0.4) is 0 Å². The highest BCUT2D eigenvalue weighted by Gasteiger charge is 2.29. The second-order valence-electron chi connectivity index (χ2n) is 8.40. The smallest absolute Gasteiger partial charge is 0.338 e. The number of carbonyl (C=O) groups is 3. The molecule has 2 atom stereocenters. The van der Waals surface area contributed by atoms with Gasteiger partial charge in [0.15, 0.2) is 13.2 Å². The standard InChI is InChI=1S/C26H32N2O5/c1-19-7-6-8-20(2)28(19)25(30)18-32-23-13-11-22(12-14-23)26(31)33-17-24(29)27-16-15-21-9-4-3-5-10-21/h3-5,9-14,19-20H,6-8,15-18H2,1-2H3,(H,27,29). The zero-order valence-corrected chi connectivity index (χ0v) is 19.3. The maximum atomic E-state index is 12.6. The van der Waals surface area contributed by atoms with Gasteiger partial charge in [-0.15, -0.1) is 0 Å².